The van der Waals surface area contributed by atoms with Crippen LogP contribution < -0.4 is 5.32 Å². The van der Waals surface area contributed by atoms with Crippen molar-refractivity contribution in [1.82, 2.24) is 14.9 Å². The number of H-pyrrole nitrogens is 1. The summed E-state index contributed by atoms with van der Waals surface area (Å²) in [7, 11) is 0. The highest BCUT2D eigenvalue weighted by atomic mass is 16.2. The summed E-state index contributed by atoms with van der Waals surface area (Å²) in [6.45, 7) is 0.532. The van der Waals surface area contributed by atoms with Crippen LogP contribution >= 0.6 is 0 Å². The number of aromatic nitrogens is 2. The molecule has 3 rings (SSSR count). The molecule has 0 saturated heterocycles. The first kappa shape index (κ1) is 10.7. The minimum atomic E-state index is -0.117. The summed E-state index contributed by atoms with van der Waals surface area (Å²) < 4.78 is 1.61. The van der Waals surface area contributed by atoms with Gasteiger partial charge in [0.2, 0.25) is 0 Å². The van der Waals surface area contributed by atoms with E-state index in [1.54, 1.807) is 10.8 Å². The molecule has 0 saturated carbocycles. The third kappa shape index (κ3) is 1.88. The molecule has 1 amide bonds. The van der Waals surface area contributed by atoms with Gasteiger partial charge in [-0.3, -0.25) is 4.57 Å². The molecule has 0 bridgehead atoms. The monoisotopic (exact) mass is 239 g/mol. The average Bonchev–Trinajstić information content (AvgIpc) is 2.99. The van der Waals surface area contributed by atoms with E-state index in [1.165, 1.54) is 0 Å². The van der Waals surface area contributed by atoms with Crippen LogP contribution in [-0.4, -0.2) is 15.6 Å². The van der Waals surface area contributed by atoms with Crippen LogP contribution in [0.1, 0.15) is 5.56 Å². The van der Waals surface area contributed by atoms with Crippen molar-refractivity contribution in [3.05, 3.63) is 60.4 Å². The number of nitrogens with zero attached hydrogens (tertiary/aromatic N) is 1. The number of benzene rings is 1. The van der Waals surface area contributed by atoms with E-state index in [0.29, 0.717) is 6.54 Å². The Labute approximate surface area is 104 Å². The highest BCUT2D eigenvalue weighted by Crippen LogP contribution is 2.12. The van der Waals surface area contributed by atoms with Gasteiger partial charge in [-0.1, -0.05) is 30.3 Å². The Hall–Kier alpha value is -2.49. The van der Waals surface area contributed by atoms with E-state index in [9.17, 15) is 4.79 Å². The van der Waals surface area contributed by atoms with Crippen LogP contribution in [-0.2, 0) is 6.54 Å². The maximum Gasteiger partial charge on any atom is 0.326 e. The summed E-state index contributed by atoms with van der Waals surface area (Å²) >= 11 is 0. The first-order valence-electron chi connectivity index (χ1n) is 5.81. The fourth-order valence-corrected chi connectivity index (χ4v) is 1.98. The normalized spacial score (nSPS) is 10.7. The van der Waals surface area contributed by atoms with E-state index in [-0.39, 0.29) is 6.03 Å². The lowest BCUT2D eigenvalue weighted by atomic mass is 10.2. The lowest BCUT2D eigenvalue weighted by molar-refractivity contribution is 0.243. The van der Waals surface area contributed by atoms with Gasteiger partial charge >= 0.3 is 6.03 Å². The van der Waals surface area contributed by atoms with E-state index in [1.807, 2.05) is 48.7 Å². The van der Waals surface area contributed by atoms with Crippen molar-refractivity contribution in [2.45, 2.75) is 6.54 Å². The molecule has 0 atom stereocenters. The number of carbonyl (C=O) groups excluding carboxylic acids is 1. The van der Waals surface area contributed by atoms with Gasteiger partial charge in [-0.25, -0.2) is 4.79 Å². The predicted molar refractivity (Wildman–Crippen MR) is 70.4 cm³/mol. The van der Waals surface area contributed by atoms with Gasteiger partial charge in [-0.05, 0) is 17.7 Å². The second kappa shape index (κ2) is 4.41. The molecule has 1 aromatic carbocycles. The smallest absolute Gasteiger partial charge is 0.326 e. The van der Waals surface area contributed by atoms with Gasteiger partial charge in [-0.2, -0.15) is 0 Å². The number of fused-ring (bicyclic) bond motifs is 1. The van der Waals surface area contributed by atoms with Crippen molar-refractivity contribution in [3.8, 4) is 0 Å². The molecule has 0 aliphatic carbocycles. The van der Waals surface area contributed by atoms with E-state index in [4.69, 9.17) is 0 Å². The highest BCUT2D eigenvalue weighted by molar-refractivity contribution is 5.90. The maximum absolute atomic E-state index is 12.0. The lowest BCUT2D eigenvalue weighted by Gasteiger charge is -2.06. The standard InChI is InChI=1S/C14H13N3O/c18-14(16-10-11-4-2-1-3-5-11)17-9-7-12-13(17)6-8-15-12/h1-9,15H,10H2,(H,16,18). The van der Waals surface area contributed by atoms with Crippen molar-refractivity contribution >= 4 is 17.1 Å². The molecule has 0 unspecified atom stereocenters. The number of aromatic amines is 1. The second-order valence-electron chi connectivity index (χ2n) is 4.11. The van der Waals surface area contributed by atoms with Crippen LogP contribution in [0.5, 0.6) is 0 Å². The van der Waals surface area contributed by atoms with E-state index < -0.39 is 0 Å². The topological polar surface area (TPSA) is 49.8 Å². The largest absolute Gasteiger partial charge is 0.360 e. The summed E-state index contributed by atoms with van der Waals surface area (Å²) in [6.07, 6.45) is 3.59. The molecular formula is C14H13N3O. The molecule has 0 fully saturated rings. The van der Waals surface area contributed by atoms with Gasteiger partial charge in [0.05, 0.1) is 11.0 Å². The van der Waals surface area contributed by atoms with Gasteiger partial charge in [0.1, 0.15) is 0 Å². The Morgan fingerprint density at radius 3 is 2.83 bits per heavy atom. The molecule has 2 N–H and O–H groups in total. The minimum absolute atomic E-state index is 0.117. The summed E-state index contributed by atoms with van der Waals surface area (Å²) in [5.74, 6) is 0. The molecule has 4 heteroatoms. The zero-order valence-corrected chi connectivity index (χ0v) is 9.76. The molecule has 2 heterocycles. The Morgan fingerprint density at radius 1 is 1.17 bits per heavy atom. The van der Waals surface area contributed by atoms with Crippen molar-refractivity contribution in [2.75, 3.05) is 0 Å². The van der Waals surface area contributed by atoms with Crippen molar-refractivity contribution < 1.29 is 4.79 Å². The summed E-state index contributed by atoms with van der Waals surface area (Å²) in [4.78, 5) is 15.1. The van der Waals surface area contributed by atoms with Gasteiger partial charge in [-0.15, -0.1) is 0 Å². The summed E-state index contributed by atoms with van der Waals surface area (Å²) in [5, 5.41) is 2.89. The number of hydrogen-bond donors (Lipinski definition) is 2. The van der Waals surface area contributed by atoms with Gasteiger partial charge in [0.15, 0.2) is 0 Å². The van der Waals surface area contributed by atoms with Crippen LogP contribution in [0.3, 0.4) is 0 Å². The van der Waals surface area contributed by atoms with Crippen LogP contribution in [0.15, 0.2) is 54.9 Å². The number of carbonyl (C=O) groups is 1. The second-order valence-corrected chi connectivity index (χ2v) is 4.11. The summed E-state index contributed by atoms with van der Waals surface area (Å²) in [5.41, 5.74) is 2.94. The lowest BCUT2D eigenvalue weighted by Crippen LogP contribution is -2.27. The van der Waals surface area contributed by atoms with Gasteiger partial charge < -0.3 is 10.3 Å². The van der Waals surface area contributed by atoms with Crippen LogP contribution in [0.25, 0.3) is 11.0 Å². The molecule has 18 heavy (non-hydrogen) atoms. The fraction of sp³-hybridized carbons (Fsp3) is 0.0714. The Kier molecular flexibility index (Phi) is 2.61. The molecule has 0 aliphatic heterocycles. The SMILES string of the molecule is O=C(NCc1ccccc1)n1ccc2[nH]ccc21. The minimum Gasteiger partial charge on any atom is -0.360 e. The zero-order valence-electron chi connectivity index (χ0n) is 9.76. The number of rotatable bonds is 2. The van der Waals surface area contributed by atoms with Crippen molar-refractivity contribution in [2.24, 2.45) is 0 Å². The van der Waals surface area contributed by atoms with Crippen LogP contribution in [0, 0.1) is 0 Å². The third-order valence-electron chi connectivity index (χ3n) is 2.91. The van der Waals surface area contributed by atoms with Gasteiger partial charge in [0.25, 0.3) is 0 Å². The third-order valence-corrected chi connectivity index (χ3v) is 2.91. The molecule has 0 spiro atoms. The van der Waals surface area contributed by atoms with E-state index in [0.717, 1.165) is 16.6 Å². The fourth-order valence-electron chi connectivity index (χ4n) is 1.98. The molecule has 0 aliphatic rings. The average molecular weight is 239 g/mol. The Morgan fingerprint density at radius 2 is 2.00 bits per heavy atom. The Balaban J connectivity index is 1.74. The summed E-state index contributed by atoms with van der Waals surface area (Å²) in [6, 6.07) is 13.5. The van der Waals surface area contributed by atoms with E-state index >= 15 is 0 Å². The number of hydrogen-bond acceptors (Lipinski definition) is 1. The molecule has 3 aromatic rings. The molecule has 90 valence electrons. The number of nitrogens with one attached hydrogen (secondary N) is 2. The van der Waals surface area contributed by atoms with Crippen molar-refractivity contribution in [1.29, 1.82) is 0 Å². The number of amides is 1. The molecular weight excluding hydrogens is 226 g/mol. The van der Waals surface area contributed by atoms with Crippen LogP contribution in [0.2, 0.25) is 0 Å². The molecule has 4 nitrogen and oxygen atoms in total. The Bertz CT molecular complexity index is 666. The first-order chi connectivity index (χ1) is 8.84. The maximum atomic E-state index is 12.0. The quantitative estimate of drug-likeness (QED) is 0.709. The predicted octanol–water partition coefficient (Wildman–Crippen LogP) is 2.73. The van der Waals surface area contributed by atoms with Crippen LogP contribution in [0.4, 0.5) is 4.79 Å². The van der Waals surface area contributed by atoms with Crippen molar-refractivity contribution in [3.63, 3.8) is 0 Å². The highest BCUT2D eigenvalue weighted by Gasteiger charge is 2.08. The zero-order chi connectivity index (χ0) is 12.4. The first-order valence-corrected chi connectivity index (χ1v) is 5.81. The van der Waals surface area contributed by atoms with E-state index in [2.05, 4.69) is 10.3 Å². The molecule has 2 aromatic heterocycles. The molecule has 0 radical (unpaired) electrons. The van der Waals surface area contributed by atoms with Gasteiger partial charge in [0, 0.05) is 18.9 Å².